The van der Waals surface area contributed by atoms with Crippen LogP contribution in [-0.4, -0.2) is 10.9 Å². The molecule has 0 unspecified atom stereocenters. The monoisotopic (exact) mass is 289 g/mol. The van der Waals surface area contributed by atoms with E-state index in [0.29, 0.717) is 23.4 Å². The lowest BCUT2D eigenvalue weighted by atomic mass is 10.1. The second kappa shape index (κ2) is 6.65. The van der Waals surface area contributed by atoms with Gasteiger partial charge >= 0.3 is 6.18 Å². The van der Waals surface area contributed by atoms with Crippen molar-refractivity contribution in [3.8, 4) is 0 Å². The fourth-order valence-electron chi connectivity index (χ4n) is 1.38. The maximum absolute atomic E-state index is 12.5. The number of benzene rings is 1. The second-order valence-corrected chi connectivity index (χ2v) is 5.14. The molecule has 0 spiro atoms. The number of allylic oxidation sites excluding steroid dienone is 1. The van der Waals surface area contributed by atoms with E-state index in [0.717, 1.165) is 12.1 Å². The molecule has 6 heteroatoms. The number of hydrogen-bond donors (Lipinski definition) is 1. The molecular formula is C13H14F3NOS. The van der Waals surface area contributed by atoms with Crippen LogP contribution in [0.1, 0.15) is 24.5 Å². The number of nitrogen functional groups attached to an aromatic ring is 1. The number of alkyl halides is 3. The van der Waals surface area contributed by atoms with E-state index in [9.17, 15) is 18.0 Å². The summed E-state index contributed by atoms with van der Waals surface area (Å²) in [6.07, 6.45) is -0.520. The molecular weight excluding hydrogens is 275 g/mol. The standard InChI is InChI=1S/C13H14F3NOS/c1-9(18)19-7-3-2-4-10-8-11(13(14,15)16)5-6-12(10)17/h2,4-6,8H,3,7,17H2,1H3. The van der Waals surface area contributed by atoms with Crippen molar-refractivity contribution in [1.82, 2.24) is 0 Å². The van der Waals surface area contributed by atoms with Crippen molar-refractivity contribution in [2.45, 2.75) is 19.5 Å². The van der Waals surface area contributed by atoms with Crippen molar-refractivity contribution in [1.29, 1.82) is 0 Å². The molecule has 0 saturated heterocycles. The molecule has 104 valence electrons. The molecule has 2 N–H and O–H groups in total. The van der Waals surface area contributed by atoms with E-state index in [1.807, 2.05) is 0 Å². The van der Waals surface area contributed by atoms with E-state index < -0.39 is 11.7 Å². The van der Waals surface area contributed by atoms with Crippen LogP contribution in [0.2, 0.25) is 0 Å². The maximum atomic E-state index is 12.5. The molecule has 1 aromatic rings. The number of halogens is 3. The zero-order valence-corrected chi connectivity index (χ0v) is 11.1. The van der Waals surface area contributed by atoms with Crippen molar-refractivity contribution in [2.24, 2.45) is 0 Å². The number of hydrogen-bond acceptors (Lipinski definition) is 3. The molecule has 19 heavy (non-hydrogen) atoms. The van der Waals surface area contributed by atoms with Gasteiger partial charge in [0.2, 0.25) is 0 Å². The molecule has 1 aromatic carbocycles. The third-order valence-electron chi connectivity index (χ3n) is 2.30. The van der Waals surface area contributed by atoms with E-state index in [1.165, 1.54) is 24.8 Å². The minimum Gasteiger partial charge on any atom is -0.398 e. The van der Waals surface area contributed by atoms with Crippen LogP contribution in [0.25, 0.3) is 6.08 Å². The van der Waals surface area contributed by atoms with Gasteiger partial charge in [0.1, 0.15) is 0 Å². The highest BCUT2D eigenvalue weighted by atomic mass is 32.2. The van der Waals surface area contributed by atoms with Crippen LogP contribution in [0.5, 0.6) is 0 Å². The summed E-state index contributed by atoms with van der Waals surface area (Å²) in [5.74, 6) is 0.602. The zero-order valence-electron chi connectivity index (χ0n) is 10.3. The number of nitrogens with two attached hydrogens (primary N) is 1. The molecule has 0 aromatic heterocycles. The predicted octanol–water partition coefficient (Wildman–Crippen LogP) is 3.97. The molecule has 0 heterocycles. The highest BCUT2D eigenvalue weighted by molar-refractivity contribution is 8.13. The summed E-state index contributed by atoms with van der Waals surface area (Å²) in [6.45, 7) is 1.47. The Morgan fingerprint density at radius 2 is 2.11 bits per heavy atom. The summed E-state index contributed by atoms with van der Waals surface area (Å²) in [4.78, 5) is 10.7. The van der Waals surface area contributed by atoms with Gasteiger partial charge in [-0.3, -0.25) is 4.79 Å². The van der Waals surface area contributed by atoms with Crippen molar-refractivity contribution in [3.63, 3.8) is 0 Å². The fourth-order valence-corrected chi connectivity index (χ4v) is 1.92. The van der Waals surface area contributed by atoms with Crippen molar-refractivity contribution in [3.05, 3.63) is 35.4 Å². The number of anilines is 1. The van der Waals surface area contributed by atoms with Crippen LogP contribution in [-0.2, 0) is 11.0 Å². The second-order valence-electron chi connectivity index (χ2n) is 3.87. The molecule has 2 nitrogen and oxygen atoms in total. The van der Waals surface area contributed by atoms with Gasteiger partial charge in [-0.15, -0.1) is 0 Å². The van der Waals surface area contributed by atoms with Gasteiger partial charge in [0, 0.05) is 18.4 Å². The number of rotatable bonds is 4. The van der Waals surface area contributed by atoms with Gasteiger partial charge in [-0.05, 0) is 30.2 Å². The van der Waals surface area contributed by atoms with E-state index in [1.54, 1.807) is 12.2 Å². The first-order chi connectivity index (χ1) is 8.80. The molecule has 0 aliphatic rings. The van der Waals surface area contributed by atoms with Gasteiger partial charge in [-0.1, -0.05) is 23.9 Å². The third-order valence-corrected chi connectivity index (χ3v) is 3.15. The topological polar surface area (TPSA) is 43.1 Å². The van der Waals surface area contributed by atoms with Crippen LogP contribution in [0, 0.1) is 0 Å². The van der Waals surface area contributed by atoms with Gasteiger partial charge < -0.3 is 5.73 Å². The SMILES string of the molecule is CC(=O)SCCC=Cc1cc(C(F)(F)F)ccc1N. The number of thioether (sulfide) groups is 1. The van der Waals surface area contributed by atoms with Crippen molar-refractivity contribution in [2.75, 3.05) is 11.5 Å². The Labute approximate surface area is 113 Å². The van der Waals surface area contributed by atoms with Gasteiger partial charge in [0.05, 0.1) is 5.56 Å². The summed E-state index contributed by atoms with van der Waals surface area (Å²) in [5.41, 5.74) is 5.53. The number of carbonyl (C=O) groups excluding carboxylic acids is 1. The fraction of sp³-hybridized carbons (Fsp3) is 0.308. The predicted molar refractivity (Wildman–Crippen MR) is 72.6 cm³/mol. The molecule has 0 fully saturated rings. The lowest BCUT2D eigenvalue weighted by Crippen LogP contribution is -2.05. The minimum absolute atomic E-state index is 0.0204. The van der Waals surface area contributed by atoms with Crippen LogP contribution in [0.3, 0.4) is 0 Å². The van der Waals surface area contributed by atoms with Crippen molar-refractivity contribution >= 4 is 28.6 Å². The first-order valence-corrected chi connectivity index (χ1v) is 6.56. The first-order valence-electron chi connectivity index (χ1n) is 5.57. The third kappa shape index (κ3) is 5.38. The van der Waals surface area contributed by atoms with E-state index >= 15 is 0 Å². The maximum Gasteiger partial charge on any atom is 0.416 e. The molecule has 0 bridgehead atoms. The molecule has 0 atom stereocenters. The Morgan fingerprint density at radius 3 is 2.68 bits per heavy atom. The smallest absolute Gasteiger partial charge is 0.398 e. The molecule has 0 aliphatic carbocycles. The minimum atomic E-state index is -4.37. The largest absolute Gasteiger partial charge is 0.416 e. The first kappa shape index (κ1) is 15.6. The van der Waals surface area contributed by atoms with Crippen LogP contribution < -0.4 is 5.73 Å². The summed E-state index contributed by atoms with van der Waals surface area (Å²) in [6, 6.07) is 3.22. The normalized spacial score (nSPS) is 12.0. The Kier molecular flexibility index (Phi) is 5.47. The highest BCUT2D eigenvalue weighted by Crippen LogP contribution is 2.31. The van der Waals surface area contributed by atoms with E-state index in [-0.39, 0.29) is 5.12 Å². The van der Waals surface area contributed by atoms with Crippen LogP contribution in [0.4, 0.5) is 18.9 Å². The Balaban J connectivity index is 2.72. The van der Waals surface area contributed by atoms with E-state index in [2.05, 4.69) is 0 Å². The molecule has 0 amide bonds. The average Bonchev–Trinajstić information content (AvgIpc) is 2.29. The molecule has 1 rings (SSSR count). The lowest BCUT2D eigenvalue weighted by molar-refractivity contribution is -0.137. The van der Waals surface area contributed by atoms with Gasteiger partial charge in [0.25, 0.3) is 0 Å². The van der Waals surface area contributed by atoms with E-state index in [4.69, 9.17) is 5.73 Å². The Bertz CT molecular complexity index is 483. The molecule has 0 radical (unpaired) electrons. The molecule has 0 aliphatic heterocycles. The number of carbonyl (C=O) groups is 1. The summed E-state index contributed by atoms with van der Waals surface area (Å²) in [5, 5.41) is 0.0204. The summed E-state index contributed by atoms with van der Waals surface area (Å²) >= 11 is 1.18. The Morgan fingerprint density at radius 1 is 1.42 bits per heavy atom. The summed E-state index contributed by atoms with van der Waals surface area (Å²) in [7, 11) is 0. The van der Waals surface area contributed by atoms with Crippen LogP contribution in [0.15, 0.2) is 24.3 Å². The average molecular weight is 289 g/mol. The Hall–Kier alpha value is -1.43. The molecule has 0 saturated carbocycles. The summed E-state index contributed by atoms with van der Waals surface area (Å²) < 4.78 is 37.6. The van der Waals surface area contributed by atoms with Crippen LogP contribution >= 0.6 is 11.8 Å². The highest BCUT2D eigenvalue weighted by Gasteiger charge is 2.30. The lowest BCUT2D eigenvalue weighted by Gasteiger charge is -2.08. The van der Waals surface area contributed by atoms with Gasteiger partial charge in [-0.25, -0.2) is 0 Å². The van der Waals surface area contributed by atoms with Crippen molar-refractivity contribution < 1.29 is 18.0 Å². The van der Waals surface area contributed by atoms with Gasteiger partial charge in [-0.2, -0.15) is 13.2 Å². The quantitative estimate of drug-likeness (QED) is 0.673. The van der Waals surface area contributed by atoms with Gasteiger partial charge in [0.15, 0.2) is 5.12 Å². The zero-order chi connectivity index (χ0) is 14.5.